The minimum atomic E-state index is -0.328. The summed E-state index contributed by atoms with van der Waals surface area (Å²) in [7, 11) is 5.57. The molecule has 0 spiro atoms. The Labute approximate surface area is 178 Å². The Morgan fingerprint density at radius 2 is 1.97 bits per heavy atom. The van der Waals surface area contributed by atoms with Gasteiger partial charge in [-0.3, -0.25) is 0 Å². The molecule has 0 aromatic heterocycles. The number of carbonyl (C=O) groups is 1. The second-order valence-electron chi connectivity index (χ2n) is 7.48. The monoisotopic (exact) mass is 413 g/mol. The van der Waals surface area contributed by atoms with Gasteiger partial charge in [0.25, 0.3) is 0 Å². The van der Waals surface area contributed by atoms with E-state index in [2.05, 4.69) is 37.2 Å². The van der Waals surface area contributed by atoms with Crippen molar-refractivity contribution >= 4 is 30.0 Å². The molecule has 1 aliphatic carbocycles. The molecule has 29 heavy (non-hydrogen) atoms. The van der Waals surface area contributed by atoms with Crippen molar-refractivity contribution < 1.29 is 14.6 Å². The number of halogens is 1. The second kappa shape index (κ2) is 10.3. The van der Waals surface area contributed by atoms with E-state index in [0.29, 0.717) is 11.5 Å². The molecule has 0 amide bonds. The Morgan fingerprint density at radius 3 is 2.66 bits per heavy atom. The van der Waals surface area contributed by atoms with Crippen molar-refractivity contribution in [2.75, 3.05) is 27.7 Å². The van der Waals surface area contributed by atoms with Crippen LogP contribution in [0, 0.1) is 5.92 Å². The van der Waals surface area contributed by atoms with Crippen LogP contribution in [0.3, 0.4) is 0 Å². The Balaban J connectivity index is 0.00000300. The number of rotatable bonds is 5. The highest BCUT2D eigenvalue weighted by molar-refractivity contribution is 5.90. The highest BCUT2D eigenvalue weighted by Crippen LogP contribution is 2.36. The van der Waals surface area contributed by atoms with Gasteiger partial charge in [-0.05, 0) is 79.4 Å². The summed E-state index contributed by atoms with van der Waals surface area (Å²) >= 11 is 0. The molecule has 5 heteroatoms. The molecular weight excluding hydrogens is 386 g/mol. The number of phenols is 1. The first-order valence-corrected chi connectivity index (χ1v) is 9.51. The highest BCUT2D eigenvalue weighted by Gasteiger charge is 2.22. The fourth-order valence-electron chi connectivity index (χ4n) is 3.72. The van der Waals surface area contributed by atoms with Crippen molar-refractivity contribution in [3.63, 3.8) is 0 Å². The van der Waals surface area contributed by atoms with Crippen molar-refractivity contribution in [1.82, 2.24) is 4.90 Å². The van der Waals surface area contributed by atoms with Gasteiger partial charge < -0.3 is 14.7 Å². The first-order valence-electron chi connectivity index (χ1n) is 9.51. The third-order valence-corrected chi connectivity index (χ3v) is 4.99. The van der Waals surface area contributed by atoms with E-state index in [1.54, 1.807) is 12.1 Å². The predicted molar refractivity (Wildman–Crippen MR) is 120 cm³/mol. The van der Waals surface area contributed by atoms with Crippen LogP contribution in [0.5, 0.6) is 5.75 Å². The zero-order chi connectivity index (χ0) is 20.1. The number of esters is 1. The van der Waals surface area contributed by atoms with Gasteiger partial charge in [-0.25, -0.2) is 4.79 Å². The lowest BCUT2D eigenvalue weighted by molar-refractivity contribution is 0.0600. The predicted octanol–water partition coefficient (Wildman–Crippen LogP) is 5.04. The molecule has 1 atom stereocenters. The minimum Gasteiger partial charge on any atom is -0.508 e. The molecule has 0 fully saturated rings. The molecule has 0 saturated carbocycles. The molecule has 2 aromatic rings. The zero-order valence-corrected chi connectivity index (χ0v) is 17.9. The number of carbonyl (C=O) groups excluding carboxylic acids is 1. The maximum Gasteiger partial charge on any atom is 0.337 e. The molecule has 0 aliphatic heterocycles. The second-order valence-corrected chi connectivity index (χ2v) is 7.48. The van der Waals surface area contributed by atoms with Gasteiger partial charge in [0.05, 0.1) is 12.7 Å². The van der Waals surface area contributed by atoms with E-state index in [1.807, 2.05) is 30.3 Å². The molecule has 1 unspecified atom stereocenters. The van der Waals surface area contributed by atoms with Crippen LogP contribution < -0.4 is 0 Å². The quantitative estimate of drug-likeness (QED) is 0.697. The standard InChI is InChI=1S/C24H27NO3.ClH/c1-25(2)16-21-11-10-18(14-23(21)19-7-5-9-22(26)15-19)12-17-6-4-8-20(13-17)24(27)28-3;/h4-9,12-15,21,26H,10-11,16H2,1-3H3;1H/b18-12-;. The lowest BCUT2D eigenvalue weighted by atomic mass is 9.81. The molecular formula is C24H28ClNO3. The number of hydrogen-bond acceptors (Lipinski definition) is 4. The molecule has 4 nitrogen and oxygen atoms in total. The molecule has 3 rings (SSSR count). The molecule has 2 aromatic carbocycles. The summed E-state index contributed by atoms with van der Waals surface area (Å²) < 4.78 is 4.82. The number of nitrogens with zero attached hydrogens (tertiary/aromatic N) is 1. The van der Waals surface area contributed by atoms with Crippen LogP contribution in [0.25, 0.3) is 11.6 Å². The largest absolute Gasteiger partial charge is 0.508 e. The van der Waals surface area contributed by atoms with Crippen LogP contribution >= 0.6 is 12.4 Å². The van der Waals surface area contributed by atoms with Crippen LogP contribution in [0.1, 0.15) is 34.3 Å². The lowest BCUT2D eigenvalue weighted by Gasteiger charge is -2.28. The lowest BCUT2D eigenvalue weighted by Crippen LogP contribution is -2.24. The fraction of sp³-hybridized carbons (Fsp3) is 0.292. The van der Waals surface area contributed by atoms with E-state index in [-0.39, 0.29) is 24.1 Å². The van der Waals surface area contributed by atoms with Crippen molar-refractivity contribution in [2.24, 2.45) is 5.92 Å². The maximum absolute atomic E-state index is 11.8. The number of aromatic hydroxyl groups is 1. The summed E-state index contributed by atoms with van der Waals surface area (Å²) in [6, 6.07) is 14.9. The number of phenolic OH excluding ortho intramolecular Hbond substituents is 1. The normalized spacial score (nSPS) is 17.6. The number of methoxy groups -OCH3 is 1. The van der Waals surface area contributed by atoms with Gasteiger partial charge in [0.15, 0.2) is 0 Å². The van der Waals surface area contributed by atoms with E-state index >= 15 is 0 Å². The van der Waals surface area contributed by atoms with Gasteiger partial charge in [0, 0.05) is 6.54 Å². The Hall–Kier alpha value is -2.56. The SMILES string of the molecule is COC(=O)c1cccc(/C=C2\C=C(c3cccc(O)c3)C(CN(C)C)CC2)c1.Cl. The summed E-state index contributed by atoms with van der Waals surface area (Å²) in [5.41, 5.74) is 5.05. The smallest absolute Gasteiger partial charge is 0.337 e. The van der Waals surface area contributed by atoms with Crippen LogP contribution in [0.2, 0.25) is 0 Å². The van der Waals surface area contributed by atoms with E-state index in [9.17, 15) is 9.90 Å². The summed E-state index contributed by atoms with van der Waals surface area (Å²) in [6.07, 6.45) is 6.38. The van der Waals surface area contributed by atoms with Gasteiger partial charge in [-0.15, -0.1) is 12.4 Å². The van der Waals surface area contributed by atoms with Crippen molar-refractivity contribution in [3.05, 3.63) is 76.9 Å². The van der Waals surface area contributed by atoms with Gasteiger partial charge in [-0.1, -0.05) is 36.4 Å². The van der Waals surface area contributed by atoms with Crippen molar-refractivity contribution in [3.8, 4) is 5.75 Å². The topological polar surface area (TPSA) is 49.8 Å². The van der Waals surface area contributed by atoms with Crippen LogP contribution in [-0.4, -0.2) is 43.7 Å². The number of hydrogen-bond donors (Lipinski definition) is 1. The number of allylic oxidation sites excluding steroid dienone is 2. The number of benzene rings is 2. The molecule has 154 valence electrons. The fourth-order valence-corrected chi connectivity index (χ4v) is 3.72. The maximum atomic E-state index is 11.8. The summed E-state index contributed by atoms with van der Waals surface area (Å²) in [5, 5.41) is 9.92. The average molecular weight is 414 g/mol. The van der Waals surface area contributed by atoms with Gasteiger partial charge >= 0.3 is 5.97 Å². The van der Waals surface area contributed by atoms with E-state index in [0.717, 1.165) is 30.5 Å². The van der Waals surface area contributed by atoms with E-state index in [4.69, 9.17) is 4.74 Å². The molecule has 0 bridgehead atoms. The molecule has 1 aliphatic rings. The first kappa shape index (κ1) is 22.7. The summed E-state index contributed by atoms with van der Waals surface area (Å²) in [5.74, 6) is 0.366. The van der Waals surface area contributed by atoms with Gasteiger partial charge in [0.1, 0.15) is 5.75 Å². The van der Waals surface area contributed by atoms with Crippen LogP contribution in [0.4, 0.5) is 0 Å². The zero-order valence-electron chi connectivity index (χ0n) is 17.1. The van der Waals surface area contributed by atoms with E-state index < -0.39 is 0 Å². The Bertz CT molecular complexity index is 918. The third kappa shape index (κ3) is 5.96. The molecule has 0 heterocycles. The summed E-state index contributed by atoms with van der Waals surface area (Å²) in [6.45, 7) is 0.965. The minimum absolute atomic E-state index is 0. The molecule has 1 N–H and O–H groups in total. The van der Waals surface area contributed by atoms with Gasteiger partial charge in [0.2, 0.25) is 0 Å². The van der Waals surface area contributed by atoms with Crippen LogP contribution in [0.15, 0.2) is 60.2 Å². The third-order valence-electron chi connectivity index (χ3n) is 4.99. The number of ether oxygens (including phenoxy) is 1. The molecule has 0 radical (unpaired) electrons. The first-order chi connectivity index (χ1) is 13.5. The summed E-state index contributed by atoms with van der Waals surface area (Å²) in [4.78, 5) is 14.0. The Kier molecular flexibility index (Phi) is 8.06. The molecule has 0 saturated heterocycles. The van der Waals surface area contributed by atoms with Crippen LogP contribution in [-0.2, 0) is 4.74 Å². The Morgan fingerprint density at radius 1 is 1.21 bits per heavy atom. The highest BCUT2D eigenvalue weighted by atomic mass is 35.5. The van der Waals surface area contributed by atoms with Crippen molar-refractivity contribution in [1.29, 1.82) is 0 Å². The van der Waals surface area contributed by atoms with Crippen molar-refractivity contribution in [2.45, 2.75) is 12.8 Å². The van der Waals surface area contributed by atoms with E-state index in [1.165, 1.54) is 18.3 Å². The van der Waals surface area contributed by atoms with Gasteiger partial charge in [-0.2, -0.15) is 0 Å². The average Bonchev–Trinajstić information content (AvgIpc) is 2.68.